The number of unbranched alkanes of at least 4 members (excludes halogenated alkanes) is 1. The van der Waals surface area contributed by atoms with Gasteiger partial charge in [-0.15, -0.1) is 0 Å². The van der Waals surface area contributed by atoms with Crippen molar-refractivity contribution in [3.63, 3.8) is 0 Å². The molecule has 0 saturated carbocycles. The van der Waals surface area contributed by atoms with Crippen LogP contribution in [-0.4, -0.2) is 15.8 Å². The molecule has 0 bridgehead atoms. The van der Waals surface area contributed by atoms with Gasteiger partial charge in [0.05, 0.1) is 0 Å². The lowest BCUT2D eigenvalue weighted by Gasteiger charge is -2.10. The Morgan fingerprint density at radius 1 is 1.23 bits per heavy atom. The molecule has 1 aromatic heterocycles. The molecule has 0 amide bonds. The number of carbonyl (C=O) groups is 1. The zero-order valence-electron chi connectivity index (χ0n) is 17.6. The molecular formula is C25H24FN3O2. The van der Waals surface area contributed by atoms with Gasteiger partial charge >= 0.3 is 0 Å². The number of ketones is 1. The molecular weight excluding hydrogens is 393 g/mol. The van der Waals surface area contributed by atoms with Crippen LogP contribution in [0.2, 0.25) is 0 Å². The van der Waals surface area contributed by atoms with Crippen LogP contribution in [0.15, 0.2) is 54.2 Å². The van der Waals surface area contributed by atoms with E-state index in [1.165, 1.54) is 6.20 Å². The highest BCUT2D eigenvalue weighted by Gasteiger charge is 2.18. The maximum atomic E-state index is 14.8. The molecule has 4 rings (SSSR count). The number of halogens is 1. The Bertz CT molecular complexity index is 1160. The monoisotopic (exact) mass is 417 g/mol. The lowest BCUT2D eigenvalue weighted by atomic mass is 10.1. The van der Waals surface area contributed by atoms with Gasteiger partial charge in [-0.1, -0.05) is 43.2 Å². The number of nitrogens with one attached hydrogen (secondary N) is 1. The van der Waals surface area contributed by atoms with E-state index in [0.717, 1.165) is 30.4 Å². The van der Waals surface area contributed by atoms with Crippen LogP contribution in [0.4, 0.5) is 16.0 Å². The maximum Gasteiger partial charge on any atom is 0.230 e. The van der Waals surface area contributed by atoms with E-state index < -0.39 is 0 Å². The van der Waals surface area contributed by atoms with Crippen molar-refractivity contribution in [2.75, 3.05) is 5.32 Å². The normalized spacial score (nSPS) is 12.3. The van der Waals surface area contributed by atoms with Crippen molar-refractivity contribution < 1.29 is 13.9 Å². The van der Waals surface area contributed by atoms with Crippen LogP contribution in [0, 0.1) is 5.82 Å². The fourth-order valence-corrected chi connectivity index (χ4v) is 3.55. The topological polar surface area (TPSA) is 64.1 Å². The Labute approximate surface area is 181 Å². The van der Waals surface area contributed by atoms with Crippen molar-refractivity contribution in [3.8, 4) is 11.6 Å². The average Bonchev–Trinajstić information content (AvgIpc) is 3.16. The minimum atomic E-state index is -0.388. The minimum Gasteiger partial charge on any atom is -0.436 e. The van der Waals surface area contributed by atoms with Crippen LogP contribution in [0.5, 0.6) is 11.6 Å². The van der Waals surface area contributed by atoms with Gasteiger partial charge < -0.3 is 10.1 Å². The minimum absolute atomic E-state index is 0.111. The second kappa shape index (κ2) is 9.08. The molecule has 0 unspecified atom stereocenters. The summed E-state index contributed by atoms with van der Waals surface area (Å²) in [6, 6.07) is 12.3. The third-order valence-corrected chi connectivity index (χ3v) is 5.14. The lowest BCUT2D eigenvalue weighted by molar-refractivity contribution is 0.0980. The summed E-state index contributed by atoms with van der Waals surface area (Å²) >= 11 is 0. The molecule has 31 heavy (non-hydrogen) atoms. The summed E-state index contributed by atoms with van der Waals surface area (Å²) in [5, 5.41) is 3.09. The molecule has 1 aliphatic rings. The van der Waals surface area contributed by atoms with Crippen molar-refractivity contribution in [2.24, 2.45) is 0 Å². The number of benzene rings is 2. The number of Topliss-reactive ketones (excluding diaryl/α,β-unsaturated/α-hetero) is 1. The maximum absolute atomic E-state index is 14.8. The molecule has 1 N–H and O–H groups in total. The first-order chi connectivity index (χ1) is 15.0. The fraction of sp³-hybridized carbons (Fsp3) is 0.240. The highest BCUT2D eigenvalue weighted by molar-refractivity contribution is 5.97. The van der Waals surface area contributed by atoms with E-state index in [2.05, 4.69) is 22.2 Å². The van der Waals surface area contributed by atoms with Gasteiger partial charge in [0.15, 0.2) is 17.3 Å². The number of hydrogen-bond donors (Lipinski definition) is 1. The number of aromatic nitrogens is 2. The van der Waals surface area contributed by atoms with E-state index in [1.54, 1.807) is 24.3 Å². The highest BCUT2D eigenvalue weighted by Crippen LogP contribution is 2.34. The van der Waals surface area contributed by atoms with Crippen molar-refractivity contribution in [2.45, 2.75) is 39.5 Å². The molecule has 3 aromatic rings. The van der Waals surface area contributed by atoms with Crippen LogP contribution >= 0.6 is 0 Å². The van der Waals surface area contributed by atoms with E-state index in [1.807, 2.05) is 31.2 Å². The van der Waals surface area contributed by atoms with Crippen molar-refractivity contribution in [1.29, 1.82) is 0 Å². The molecule has 0 spiro atoms. The molecule has 1 heterocycles. The summed E-state index contributed by atoms with van der Waals surface area (Å²) in [6.07, 6.45) is 6.52. The average molecular weight is 417 g/mol. The number of fused-ring (bicyclic) bond motifs is 1. The van der Waals surface area contributed by atoms with Gasteiger partial charge in [0.25, 0.3) is 0 Å². The summed E-state index contributed by atoms with van der Waals surface area (Å²) in [6.45, 7) is 4.04. The second-order valence-corrected chi connectivity index (χ2v) is 7.67. The first-order valence-electron chi connectivity index (χ1n) is 10.4. The standard InChI is InChI=1S/C25H24FN3O2/c1-3-4-8-21(30)18-6-5-7-19(15-18)28-25-27-12-11-23(29-25)31-22-10-9-17-13-16(2)14-20(17)24(22)26/h5-7,9-12,14-15H,3-4,8,13H2,1-2H3,(H,27,28,29). The molecule has 0 saturated heterocycles. The lowest BCUT2D eigenvalue weighted by Crippen LogP contribution is -2.02. The summed E-state index contributed by atoms with van der Waals surface area (Å²) in [5.74, 6) is 0.372. The molecule has 158 valence electrons. The summed E-state index contributed by atoms with van der Waals surface area (Å²) in [4.78, 5) is 20.8. The molecule has 0 aliphatic heterocycles. The van der Waals surface area contributed by atoms with Gasteiger partial charge in [0, 0.05) is 35.5 Å². The molecule has 5 nitrogen and oxygen atoms in total. The van der Waals surface area contributed by atoms with E-state index in [-0.39, 0.29) is 23.2 Å². The number of anilines is 2. The first-order valence-corrected chi connectivity index (χ1v) is 10.4. The van der Waals surface area contributed by atoms with Gasteiger partial charge in [0.1, 0.15) is 0 Å². The van der Waals surface area contributed by atoms with Gasteiger partial charge in [-0.25, -0.2) is 9.37 Å². The van der Waals surface area contributed by atoms with Crippen LogP contribution in [0.3, 0.4) is 0 Å². The Hall–Kier alpha value is -3.54. The fourth-order valence-electron chi connectivity index (χ4n) is 3.55. The van der Waals surface area contributed by atoms with Crippen LogP contribution < -0.4 is 10.1 Å². The van der Waals surface area contributed by atoms with Crippen LogP contribution in [0.25, 0.3) is 6.08 Å². The molecule has 0 radical (unpaired) electrons. The number of ether oxygens (including phenoxy) is 1. The zero-order valence-corrected chi connectivity index (χ0v) is 17.6. The highest BCUT2D eigenvalue weighted by atomic mass is 19.1. The van der Waals surface area contributed by atoms with Crippen LogP contribution in [-0.2, 0) is 6.42 Å². The number of hydrogen-bond acceptors (Lipinski definition) is 5. The number of rotatable bonds is 8. The Morgan fingerprint density at radius 2 is 2.10 bits per heavy atom. The number of allylic oxidation sites excluding steroid dienone is 1. The number of nitrogens with zero attached hydrogens (tertiary/aromatic N) is 2. The summed E-state index contributed by atoms with van der Waals surface area (Å²) in [5.41, 5.74) is 4.00. The van der Waals surface area contributed by atoms with E-state index in [9.17, 15) is 9.18 Å². The molecule has 1 aliphatic carbocycles. The third-order valence-electron chi connectivity index (χ3n) is 5.14. The number of carbonyl (C=O) groups excluding carboxylic acids is 1. The summed E-state index contributed by atoms with van der Waals surface area (Å²) < 4.78 is 20.5. The van der Waals surface area contributed by atoms with E-state index >= 15 is 0 Å². The van der Waals surface area contributed by atoms with Crippen molar-refractivity contribution >= 4 is 23.5 Å². The SMILES string of the molecule is CCCCC(=O)c1cccc(Nc2nccc(Oc3ccc4c(c3F)C=C(C)C4)n2)c1. The smallest absolute Gasteiger partial charge is 0.230 e. The predicted molar refractivity (Wildman–Crippen MR) is 119 cm³/mol. The first kappa shape index (κ1) is 20.7. The second-order valence-electron chi connectivity index (χ2n) is 7.67. The van der Waals surface area contributed by atoms with Gasteiger partial charge in [0.2, 0.25) is 11.8 Å². The molecule has 6 heteroatoms. The van der Waals surface area contributed by atoms with Gasteiger partial charge in [-0.05, 0) is 43.5 Å². The van der Waals surface area contributed by atoms with Crippen molar-refractivity contribution in [1.82, 2.24) is 9.97 Å². The van der Waals surface area contributed by atoms with Gasteiger partial charge in [-0.3, -0.25) is 4.79 Å². The zero-order chi connectivity index (χ0) is 21.8. The van der Waals surface area contributed by atoms with Crippen LogP contribution in [0.1, 0.15) is 54.6 Å². The van der Waals surface area contributed by atoms with Gasteiger partial charge in [-0.2, -0.15) is 4.98 Å². The van der Waals surface area contributed by atoms with E-state index in [4.69, 9.17) is 4.74 Å². The largest absolute Gasteiger partial charge is 0.436 e. The summed E-state index contributed by atoms with van der Waals surface area (Å²) in [7, 11) is 0. The molecule has 2 aromatic carbocycles. The third kappa shape index (κ3) is 4.79. The Morgan fingerprint density at radius 3 is 2.94 bits per heavy atom. The molecule has 0 atom stereocenters. The Balaban J connectivity index is 1.50. The quantitative estimate of drug-likeness (QED) is 0.425. The predicted octanol–water partition coefficient (Wildman–Crippen LogP) is 6.48. The Kier molecular flexibility index (Phi) is 6.07. The molecule has 0 fully saturated rings. The van der Waals surface area contributed by atoms with E-state index in [0.29, 0.717) is 29.2 Å². The van der Waals surface area contributed by atoms with Crippen molar-refractivity contribution in [3.05, 3.63) is 76.7 Å².